The number of unbranched alkanes of at least 4 members (excludes halogenated alkanes) is 2. The first-order chi connectivity index (χ1) is 6.54. The summed E-state index contributed by atoms with van der Waals surface area (Å²) in [5.41, 5.74) is 4.55. The lowest BCUT2D eigenvalue weighted by Crippen LogP contribution is -2.33. The first-order valence-electron chi connectivity index (χ1n) is 5.13. The standard InChI is InChI=1S/C11H21NO2/c1-4-6-7-9-11(3,8-5-2)14-10(12)13/h5H,2,4,6-9H2,1,3H3,(H2,12,13). The lowest BCUT2D eigenvalue weighted by Gasteiger charge is -2.27. The maximum Gasteiger partial charge on any atom is 0.405 e. The van der Waals surface area contributed by atoms with E-state index in [1.54, 1.807) is 6.08 Å². The van der Waals surface area contributed by atoms with Crippen LogP contribution in [0.15, 0.2) is 12.7 Å². The van der Waals surface area contributed by atoms with E-state index in [2.05, 4.69) is 13.5 Å². The zero-order valence-corrected chi connectivity index (χ0v) is 9.21. The number of primary amides is 1. The van der Waals surface area contributed by atoms with Crippen LogP contribution in [0.25, 0.3) is 0 Å². The molecule has 0 spiro atoms. The van der Waals surface area contributed by atoms with E-state index in [0.717, 1.165) is 25.7 Å². The first-order valence-corrected chi connectivity index (χ1v) is 5.13. The van der Waals surface area contributed by atoms with Crippen molar-refractivity contribution in [2.24, 2.45) is 5.73 Å². The zero-order chi connectivity index (χ0) is 11.0. The van der Waals surface area contributed by atoms with Gasteiger partial charge < -0.3 is 10.5 Å². The third-order valence-corrected chi connectivity index (χ3v) is 2.23. The number of hydrogen-bond donors (Lipinski definition) is 1. The summed E-state index contributed by atoms with van der Waals surface area (Å²) < 4.78 is 5.09. The fourth-order valence-corrected chi connectivity index (χ4v) is 1.49. The Kier molecular flexibility index (Phi) is 6.00. The molecule has 1 unspecified atom stereocenters. The lowest BCUT2D eigenvalue weighted by atomic mass is 9.94. The van der Waals surface area contributed by atoms with Crippen molar-refractivity contribution in [3.8, 4) is 0 Å². The molecule has 0 bridgehead atoms. The molecule has 82 valence electrons. The highest BCUT2D eigenvalue weighted by Crippen LogP contribution is 2.23. The van der Waals surface area contributed by atoms with Crippen LogP contribution in [0.1, 0.15) is 46.0 Å². The predicted molar refractivity (Wildman–Crippen MR) is 58.0 cm³/mol. The van der Waals surface area contributed by atoms with E-state index in [9.17, 15) is 4.79 Å². The molecule has 0 aromatic heterocycles. The van der Waals surface area contributed by atoms with Gasteiger partial charge in [-0.3, -0.25) is 0 Å². The molecule has 3 nitrogen and oxygen atoms in total. The molecule has 0 aliphatic carbocycles. The summed E-state index contributed by atoms with van der Waals surface area (Å²) >= 11 is 0. The van der Waals surface area contributed by atoms with Crippen molar-refractivity contribution in [3.05, 3.63) is 12.7 Å². The molecule has 0 saturated carbocycles. The van der Waals surface area contributed by atoms with Gasteiger partial charge >= 0.3 is 6.09 Å². The molecule has 0 aliphatic rings. The smallest absolute Gasteiger partial charge is 0.405 e. The molecule has 0 rings (SSSR count). The number of hydrogen-bond acceptors (Lipinski definition) is 2. The number of carbonyl (C=O) groups excluding carboxylic acids is 1. The SMILES string of the molecule is C=CCC(C)(CCCCC)OC(N)=O. The second-order valence-corrected chi connectivity index (χ2v) is 3.82. The van der Waals surface area contributed by atoms with E-state index in [1.807, 2.05) is 6.92 Å². The summed E-state index contributed by atoms with van der Waals surface area (Å²) in [5, 5.41) is 0. The molecule has 0 fully saturated rings. The largest absolute Gasteiger partial charge is 0.443 e. The van der Waals surface area contributed by atoms with Crippen molar-refractivity contribution in [2.45, 2.75) is 51.6 Å². The number of ether oxygens (including phenoxy) is 1. The Labute approximate surface area is 86.3 Å². The van der Waals surface area contributed by atoms with Gasteiger partial charge in [-0.05, 0) is 19.8 Å². The molecule has 0 heterocycles. The van der Waals surface area contributed by atoms with E-state index in [-0.39, 0.29) is 0 Å². The van der Waals surface area contributed by atoms with Gasteiger partial charge in [0.15, 0.2) is 0 Å². The molecule has 3 heteroatoms. The molecule has 14 heavy (non-hydrogen) atoms. The third-order valence-electron chi connectivity index (χ3n) is 2.23. The minimum atomic E-state index is -0.703. The Morgan fingerprint density at radius 3 is 2.64 bits per heavy atom. The van der Waals surface area contributed by atoms with E-state index in [0.29, 0.717) is 6.42 Å². The first kappa shape index (κ1) is 13.0. The van der Waals surface area contributed by atoms with E-state index >= 15 is 0 Å². The average molecular weight is 199 g/mol. The van der Waals surface area contributed by atoms with Crippen LogP contribution >= 0.6 is 0 Å². The fraction of sp³-hybridized carbons (Fsp3) is 0.727. The van der Waals surface area contributed by atoms with Crippen LogP contribution in [0.2, 0.25) is 0 Å². The summed E-state index contributed by atoms with van der Waals surface area (Å²) in [6, 6.07) is 0. The summed E-state index contributed by atoms with van der Waals surface area (Å²) in [7, 11) is 0. The van der Waals surface area contributed by atoms with Crippen LogP contribution in [-0.2, 0) is 4.74 Å². The molecule has 0 aromatic rings. The lowest BCUT2D eigenvalue weighted by molar-refractivity contribution is 0.0249. The summed E-state index contributed by atoms with van der Waals surface area (Å²) in [5.74, 6) is 0. The molecular formula is C11H21NO2. The zero-order valence-electron chi connectivity index (χ0n) is 9.21. The maximum atomic E-state index is 10.7. The Bertz CT molecular complexity index is 192. The number of carbonyl (C=O) groups is 1. The Hall–Kier alpha value is -0.990. The van der Waals surface area contributed by atoms with Gasteiger partial charge in [-0.25, -0.2) is 4.79 Å². The van der Waals surface area contributed by atoms with Gasteiger partial charge in [0.2, 0.25) is 0 Å². The van der Waals surface area contributed by atoms with Crippen LogP contribution in [0, 0.1) is 0 Å². The Balaban J connectivity index is 4.08. The van der Waals surface area contributed by atoms with Crippen molar-refractivity contribution in [1.29, 1.82) is 0 Å². The van der Waals surface area contributed by atoms with Crippen LogP contribution in [0.5, 0.6) is 0 Å². The van der Waals surface area contributed by atoms with Gasteiger partial charge in [-0.1, -0.05) is 25.8 Å². The van der Waals surface area contributed by atoms with Crippen LogP contribution in [0.3, 0.4) is 0 Å². The molecule has 0 aliphatic heterocycles. The summed E-state index contributed by atoms with van der Waals surface area (Å²) in [6.45, 7) is 7.69. The average Bonchev–Trinajstić information content (AvgIpc) is 2.03. The highest BCUT2D eigenvalue weighted by atomic mass is 16.6. The van der Waals surface area contributed by atoms with Crippen molar-refractivity contribution in [1.82, 2.24) is 0 Å². The predicted octanol–water partition coefficient (Wildman–Crippen LogP) is 3.00. The second-order valence-electron chi connectivity index (χ2n) is 3.82. The minimum Gasteiger partial charge on any atom is -0.443 e. The molecule has 1 amide bonds. The highest BCUT2D eigenvalue weighted by Gasteiger charge is 2.25. The van der Waals surface area contributed by atoms with Crippen molar-refractivity contribution in [3.63, 3.8) is 0 Å². The molecule has 1 atom stereocenters. The number of rotatable bonds is 7. The monoisotopic (exact) mass is 199 g/mol. The van der Waals surface area contributed by atoms with E-state index in [4.69, 9.17) is 10.5 Å². The minimum absolute atomic E-state index is 0.469. The molecule has 2 N–H and O–H groups in total. The van der Waals surface area contributed by atoms with Gasteiger partial charge in [0, 0.05) is 6.42 Å². The number of nitrogens with two attached hydrogens (primary N) is 1. The van der Waals surface area contributed by atoms with Gasteiger partial charge in [-0.15, -0.1) is 6.58 Å². The van der Waals surface area contributed by atoms with E-state index < -0.39 is 11.7 Å². The molecule has 0 radical (unpaired) electrons. The third kappa shape index (κ3) is 5.62. The Morgan fingerprint density at radius 1 is 1.57 bits per heavy atom. The van der Waals surface area contributed by atoms with Crippen LogP contribution < -0.4 is 5.73 Å². The second kappa shape index (κ2) is 6.46. The maximum absolute atomic E-state index is 10.7. The molecular weight excluding hydrogens is 178 g/mol. The normalized spacial score (nSPS) is 14.4. The number of amides is 1. The molecule has 0 saturated heterocycles. The van der Waals surface area contributed by atoms with Crippen LogP contribution in [-0.4, -0.2) is 11.7 Å². The quantitative estimate of drug-likeness (QED) is 0.506. The van der Waals surface area contributed by atoms with Crippen molar-refractivity contribution >= 4 is 6.09 Å². The highest BCUT2D eigenvalue weighted by molar-refractivity contribution is 5.65. The van der Waals surface area contributed by atoms with Crippen molar-refractivity contribution < 1.29 is 9.53 Å². The van der Waals surface area contributed by atoms with Gasteiger partial charge in [0.05, 0.1) is 0 Å². The fourth-order valence-electron chi connectivity index (χ4n) is 1.49. The topological polar surface area (TPSA) is 52.3 Å². The van der Waals surface area contributed by atoms with Crippen LogP contribution in [0.4, 0.5) is 4.79 Å². The summed E-state index contributed by atoms with van der Waals surface area (Å²) in [6.07, 6.45) is 5.90. The van der Waals surface area contributed by atoms with Crippen molar-refractivity contribution in [2.75, 3.05) is 0 Å². The van der Waals surface area contributed by atoms with E-state index in [1.165, 1.54) is 0 Å². The summed E-state index contributed by atoms with van der Waals surface area (Å²) in [4.78, 5) is 10.7. The van der Waals surface area contributed by atoms with Gasteiger partial charge in [0.1, 0.15) is 5.60 Å². The van der Waals surface area contributed by atoms with Gasteiger partial charge in [-0.2, -0.15) is 0 Å². The Morgan fingerprint density at radius 2 is 2.21 bits per heavy atom. The molecule has 0 aromatic carbocycles. The van der Waals surface area contributed by atoms with Gasteiger partial charge in [0.25, 0.3) is 0 Å².